The summed E-state index contributed by atoms with van der Waals surface area (Å²) in [5.74, 6) is 1.40. The number of ether oxygens (including phenoxy) is 2. The second-order valence-corrected chi connectivity index (χ2v) is 8.23. The second-order valence-electron chi connectivity index (χ2n) is 7.15. The Morgan fingerprint density at radius 1 is 1.21 bits per heavy atom. The predicted octanol–water partition coefficient (Wildman–Crippen LogP) is 3.80. The Bertz CT molecular complexity index is 1070. The van der Waals surface area contributed by atoms with E-state index in [1.807, 2.05) is 0 Å². The largest absolute Gasteiger partial charge is 0.497 e. The molecule has 8 nitrogen and oxygen atoms in total. The Labute approximate surface area is 197 Å². The first-order valence-electron chi connectivity index (χ1n) is 10.6. The van der Waals surface area contributed by atoms with Crippen LogP contribution in [0.5, 0.6) is 11.5 Å². The van der Waals surface area contributed by atoms with Crippen LogP contribution in [-0.4, -0.2) is 59.9 Å². The Kier molecular flexibility index (Phi) is 8.72. The first-order valence-corrected chi connectivity index (χ1v) is 11.6. The van der Waals surface area contributed by atoms with E-state index in [0.717, 1.165) is 6.42 Å². The lowest BCUT2D eigenvalue weighted by Gasteiger charge is -2.27. The summed E-state index contributed by atoms with van der Waals surface area (Å²) >= 11 is 1.45. The van der Waals surface area contributed by atoms with Gasteiger partial charge in [-0.2, -0.15) is 5.26 Å². The third kappa shape index (κ3) is 6.05. The molecule has 0 bridgehead atoms. The molecule has 1 fully saturated rings. The average molecular weight is 467 g/mol. The minimum atomic E-state index is -0.294. The molecular formula is C24H26N4O4S. The highest BCUT2D eigenvalue weighted by molar-refractivity contribution is 7.99. The number of unbranched alkanes of at least 4 members (excludes halogenated alkanes) is 1. The number of aromatic nitrogens is 1. The fourth-order valence-corrected chi connectivity index (χ4v) is 4.32. The molecule has 2 amide bonds. The van der Waals surface area contributed by atoms with Crippen molar-refractivity contribution in [1.29, 1.82) is 5.26 Å². The van der Waals surface area contributed by atoms with E-state index in [9.17, 15) is 9.59 Å². The number of benzene rings is 1. The third-order valence-corrected chi connectivity index (χ3v) is 6.13. The molecule has 1 aliphatic rings. The number of hydrogen-bond donors (Lipinski definition) is 0. The predicted molar refractivity (Wildman–Crippen MR) is 126 cm³/mol. The summed E-state index contributed by atoms with van der Waals surface area (Å²) < 4.78 is 10.6. The van der Waals surface area contributed by atoms with Crippen LogP contribution in [0.2, 0.25) is 0 Å². The number of thioether (sulfide) groups is 1. The van der Waals surface area contributed by atoms with Gasteiger partial charge < -0.3 is 9.47 Å². The van der Waals surface area contributed by atoms with Gasteiger partial charge in [-0.1, -0.05) is 0 Å². The monoisotopic (exact) mass is 466 g/mol. The van der Waals surface area contributed by atoms with Crippen molar-refractivity contribution in [2.75, 3.05) is 33.1 Å². The number of nitriles is 1. The van der Waals surface area contributed by atoms with Crippen molar-refractivity contribution in [1.82, 2.24) is 15.0 Å². The zero-order chi connectivity index (χ0) is 23.6. The highest BCUT2D eigenvalue weighted by Gasteiger charge is 2.31. The molecule has 2 heterocycles. The van der Waals surface area contributed by atoms with E-state index >= 15 is 0 Å². The number of carbonyl (C=O) groups excluding carboxylic acids is 2. The first kappa shape index (κ1) is 24.1. The van der Waals surface area contributed by atoms with Gasteiger partial charge in [0.25, 0.3) is 11.8 Å². The standard InChI is InChI=1S/C24H26N4O4S/c1-31-19-9-10-21(32-2)18(17-19)8-11-22(29)27-14-6-15-28(27)24(30)20-7-5-13-26-23(20)33-16-4-3-12-25/h5,7-11,13,17H,3-4,6,14-16H2,1-2H3/b11-8-. The van der Waals surface area contributed by atoms with Gasteiger partial charge in [0.1, 0.15) is 16.5 Å². The topological polar surface area (TPSA) is 95.8 Å². The molecule has 3 rings (SSSR count). The molecule has 0 spiro atoms. The quantitative estimate of drug-likeness (QED) is 0.315. The van der Waals surface area contributed by atoms with Crippen LogP contribution in [0.1, 0.15) is 35.2 Å². The normalized spacial score (nSPS) is 13.2. The van der Waals surface area contributed by atoms with Gasteiger partial charge in [0.15, 0.2) is 0 Å². The minimum Gasteiger partial charge on any atom is -0.497 e. The average Bonchev–Trinajstić information content (AvgIpc) is 3.35. The highest BCUT2D eigenvalue weighted by Crippen LogP contribution is 2.27. The van der Waals surface area contributed by atoms with Crippen LogP contribution >= 0.6 is 11.8 Å². The minimum absolute atomic E-state index is 0.260. The number of hydrogen-bond acceptors (Lipinski definition) is 7. The van der Waals surface area contributed by atoms with Crippen molar-refractivity contribution in [2.45, 2.75) is 24.3 Å². The molecule has 2 aromatic rings. The lowest BCUT2D eigenvalue weighted by atomic mass is 10.1. The number of rotatable bonds is 9. The second kappa shape index (κ2) is 11.9. The van der Waals surface area contributed by atoms with Crippen LogP contribution in [0.25, 0.3) is 6.08 Å². The molecule has 0 aliphatic carbocycles. The molecule has 0 saturated carbocycles. The zero-order valence-corrected chi connectivity index (χ0v) is 19.5. The van der Waals surface area contributed by atoms with Crippen molar-refractivity contribution in [3.05, 3.63) is 53.7 Å². The lowest BCUT2D eigenvalue weighted by molar-refractivity contribution is -0.134. The molecule has 0 radical (unpaired) electrons. The molecule has 0 atom stereocenters. The first-order chi connectivity index (χ1) is 16.1. The summed E-state index contributed by atoms with van der Waals surface area (Å²) in [5, 5.41) is 12.3. The Morgan fingerprint density at radius 3 is 2.79 bits per heavy atom. The van der Waals surface area contributed by atoms with Crippen LogP contribution in [0.4, 0.5) is 0 Å². The van der Waals surface area contributed by atoms with Crippen molar-refractivity contribution in [3.63, 3.8) is 0 Å². The maximum Gasteiger partial charge on any atom is 0.275 e. The molecule has 1 aliphatic heterocycles. The van der Waals surface area contributed by atoms with Crippen LogP contribution in [0.15, 0.2) is 47.6 Å². The van der Waals surface area contributed by atoms with Gasteiger partial charge in [0.05, 0.1) is 25.9 Å². The van der Waals surface area contributed by atoms with Crippen molar-refractivity contribution in [2.24, 2.45) is 0 Å². The van der Waals surface area contributed by atoms with Crippen LogP contribution in [0, 0.1) is 11.3 Å². The van der Waals surface area contributed by atoms with Gasteiger partial charge in [0.2, 0.25) is 0 Å². The molecule has 172 valence electrons. The summed E-state index contributed by atoms with van der Waals surface area (Å²) in [6.45, 7) is 0.906. The van der Waals surface area contributed by atoms with E-state index in [4.69, 9.17) is 14.7 Å². The SMILES string of the molecule is COc1ccc(OC)c(/C=C\C(=O)N2CCCN2C(=O)c2cccnc2SCCCC#N)c1. The summed E-state index contributed by atoms with van der Waals surface area (Å²) in [6.07, 6.45) is 6.61. The Morgan fingerprint density at radius 2 is 2.03 bits per heavy atom. The maximum atomic E-state index is 13.3. The fraction of sp³-hybridized carbons (Fsp3) is 0.333. The number of carbonyl (C=O) groups is 2. The van der Waals surface area contributed by atoms with Gasteiger partial charge in [-0.05, 0) is 49.2 Å². The van der Waals surface area contributed by atoms with E-state index in [0.29, 0.717) is 59.3 Å². The summed E-state index contributed by atoms with van der Waals surface area (Å²) in [5.41, 5.74) is 1.16. The van der Waals surface area contributed by atoms with Crippen LogP contribution in [-0.2, 0) is 4.79 Å². The molecular weight excluding hydrogens is 440 g/mol. The van der Waals surface area contributed by atoms with Crippen molar-refractivity contribution >= 4 is 29.7 Å². The van der Waals surface area contributed by atoms with E-state index in [2.05, 4.69) is 11.1 Å². The number of pyridine rings is 1. The zero-order valence-electron chi connectivity index (χ0n) is 18.7. The fourth-order valence-electron chi connectivity index (χ4n) is 3.40. The van der Waals surface area contributed by atoms with Gasteiger partial charge in [0, 0.05) is 43.1 Å². The van der Waals surface area contributed by atoms with Gasteiger partial charge in [-0.15, -0.1) is 11.8 Å². The number of methoxy groups -OCH3 is 2. The van der Waals surface area contributed by atoms with Gasteiger partial charge in [-0.25, -0.2) is 15.0 Å². The molecule has 0 N–H and O–H groups in total. The highest BCUT2D eigenvalue weighted by atomic mass is 32.2. The molecule has 33 heavy (non-hydrogen) atoms. The molecule has 9 heteroatoms. The summed E-state index contributed by atoms with van der Waals surface area (Å²) in [4.78, 5) is 30.6. The van der Waals surface area contributed by atoms with E-state index in [-0.39, 0.29) is 11.8 Å². The summed E-state index contributed by atoms with van der Waals surface area (Å²) in [7, 11) is 3.13. The van der Waals surface area contributed by atoms with E-state index in [1.54, 1.807) is 56.8 Å². The van der Waals surface area contributed by atoms with Crippen molar-refractivity contribution in [3.8, 4) is 17.6 Å². The van der Waals surface area contributed by atoms with Crippen LogP contribution < -0.4 is 9.47 Å². The Hall–Kier alpha value is -3.51. The molecule has 1 aromatic carbocycles. The van der Waals surface area contributed by atoms with E-state index < -0.39 is 0 Å². The summed E-state index contributed by atoms with van der Waals surface area (Å²) in [6, 6.07) is 10.9. The third-order valence-electron chi connectivity index (χ3n) is 5.04. The van der Waals surface area contributed by atoms with Gasteiger partial charge in [-0.3, -0.25) is 9.59 Å². The number of nitrogens with zero attached hydrogens (tertiary/aromatic N) is 4. The molecule has 1 aromatic heterocycles. The molecule has 0 unspecified atom stereocenters. The molecule has 1 saturated heterocycles. The maximum absolute atomic E-state index is 13.3. The van der Waals surface area contributed by atoms with Crippen LogP contribution in [0.3, 0.4) is 0 Å². The number of hydrazine groups is 1. The lowest BCUT2D eigenvalue weighted by Crippen LogP contribution is -2.44. The smallest absolute Gasteiger partial charge is 0.275 e. The Balaban J connectivity index is 1.75. The van der Waals surface area contributed by atoms with E-state index in [1.165, 1.54) is 27.9 Å². The van der Waals surface area contributed by atoms with Crippen molar-refractivity contribution < 1.29 is 19.1 Å². The van der Waals surface area contributed by atoms with Gasteiger partial charge >= 0.3 is 0 Å². The number of amides is 2.